The van der Waals surface area contributed by atoms with E-state index in [1.807, 2.05) is 49.3 Å². The van der Waals surface area contributed by atoms with Gasteiger partial charge in [0.1, 0.15) is 0 Å². The van der Waals surface area contributed by atoms with Crippen molar-refractivity contribution in [1.29, 1.82) is 0 Å². The van der Waals surface area contributed by atoms with Crippen LogP contribution >= 0.6 is 0 Å². The van der Waals surface area contributed by atoms with E-state index >= 15 is 0 Å². The van der Waals surface area contributed by atoms with Crippen molar-refractivity contribution in [2.45, 2.75) is 6.04 Å². The minimum atomic E-state index is -3.50. The minimum Gasteiger partial charge on any atom is -0.379 e. The maximum atomic E-state index is 12.5. The molecule has 1 aromatic carbocycles. The van der Waals surface area contributed by atoms with Gasteiger partial charge < -0.3 is 9.64 Å². The summed E-state index contributed by atoms with van der Waals surface area (Å²) in [5.74, 6) is 0. The van der Waals surface area contributed by atoms with Crippen molar-refractivity contribution in [2.24, 2.45) is 0 Å². The first kappa shape index (κ1) is 16.4. The van der Waals surface area contributed by atoms with Gasteiger partial charge in [-0.15, -0.1) is 0 Å². The van der Waals surface area contributed by atoms with E-state index in [0.717, 1.165) is 5.56 Å². The molecule has 1 fully saturated rings. The van der Waals surface area contributed by atoms with Gasteiger partial charge in [-0.05, 0) is 19.7 Å². The molecular formula is C14H23N3O3S. The molecule has 21 heavy (non-hydrogen) atoms. The summed E-state index contributed by atoms with van der Waals surface area (Å²) in [6.07, 6.45) is 0. The lowest BCUT2D eigenvalue weighted by atomic mass is 10.1. The molecule has 0 bridgehead atoms. The van der Waals surface area contributed by atoms with Crippen LogP contribution in [-0.2, 0) is 14.9 Å². The van der Waals surface area contributed by atoms with E-state index in [-0.39, 0.29) is 6.04 Å². The van der Waals surface area contributed by atoms with Crippen LogP contribution in [0.25, 0.3) is 0 Å². The van der Waals surface area contributed by atoms with E-state index in [1.54, 1.807) is 0 Å². The van der Waals surface area contributed by atoms with Gasteiger partial charge in [0.2, 0.25) is 0 Å². The Balaban J connectivity index is 2.14. The van der Waals surface area contributed by atoms with Gasteiger partial charge in [0.15, 0.2) is 0 Å². The summed E-state index contributed by atoms with van der Waals surface area (Å²) < 4.78 is 34.4. The van der Waals surface area contributed by atoms with Gasteiger partial charge in [-0.25, -0.2) is 0 Å². The molecule has 1 aliphatic heterocycles. The fraction of sp³-hybridized carbons (Fsp3) is 0.571. The average molecular weight is 313 g/mol. The number of nitrogens with one attached hydrogen (secondary N) is 1. The fourth-order valence-electron chi connectivity index (χ4n) is 2.30. The van der Waals surface area contributed by atoms with Gasteiger partial charge in [-0.1, -0.05) is 30.3 Å². The topological polar surface area (TPSA) is 61.9 Å². The molecule has 7 heteroatoms. The van der Waals surface area contributed by atoms with Crippen LogP contribution in [0.2, 0.25) is 0 Å². The lowest BCUT2D eigenvalue weighted by Gasteiger charge is -2.29. The van der Waals surface area contributed by atoms with Crippen LogP contribution < -0.4 is 4.72 Å². The zero-order chi connectivity index (χ0) is 15.3. The summed E-state index contributed by atoms with van der Waals surface area (Å²) in [6, 6.07) is 9.37. The summed E-state index contributed by atoms with van der Waals surface area (Å²) in [4.78, 5) is 1.97. The Morgan fingerprint density at radius 1 is 1.24 bits per heavy atom. The maximum Gasteiger partial charge on any atom is 0.280 e. The van der Waals surface area contributed by atoms with Crippen molar-refractivity contribution in [3.05, 3.63) is 35.9 Å². The van der Waals surface area contributed by atoms with E-state index in [4.69, 9.17) is 4.74 Å². The van der Waals surface area contributed by atoms with Crippen LogP contribution in [0.3, 0.4) is 0 Å². The predicted molar refractivity (Wildman–Crippen MR) is 82.2 cm³/mol. The second-order valence-electron chi connectivity index (χ2n) is 5.36. The molecular weight excluding hydrogens is 290 g/mol. The molecule has 0 amide bonds. The van der Waals surface area contributed by atoms with Gasteiger partial charge in [-0.3, -0.25) is 0 Å². The number of morpholine rings is 1. The average Bonchev–Trinajstić information content (AvgIpc) is 2.48. The highest BCUT2D eigenvalue weighted by atomic mass is 32.2. The normalized spacial score (nSPS) is 18.8. The first-order valence-electron chi connectivity index (χ1n) is 7.04. The molecule has 0 aromatic heterocycles. The quantitative estimate of drug-likeness (QED) is 0.829. The summed E-state index contributed by atoms with van der Waals surface area (Å²) in [5, 5.41) is 0. The number of hydrogen-bond donors (Lipinski definition) is 1. The van der Waals surface area contributed by atoms with Crippen molar-refractivity contribution < 1.29 is 13.2 Å². The SMILES string of the molecule is CN(C)CC(NS(=O)(=O)N1CCOCC1)c1ccccc1. The number of nitrogens with zero attached hydrogens (tertiary/aromatic N) is 2. The summed E-state index contributed by atoms with van der Waals surface area (Å²) >= 11 is 0. The van der Waals surface area contributed by atoms with Gasteiger partial charge in [0, 0.05) is 19.6 Å². The van der Waals surface area contributed by atoms with Gasteiger partial charge in [0.05, 0.1) is 19.3 Å². The van der Waals surface area contributed by atoms with Crippen molar-refractivity contribution in [3.63, 3.8) is 0 Å². The molecule has 1 heterocycles. The van der Waals surface area contributed by atoms with Gasteiger partial charge in [-0.2, -0.15) is 17.4 Å². The van der Waals surface area contributed by atoms with Crippen LogP contribution in [0.4, 0.5) is 0 Å². The second kappa shape index (κ2) is 7.33. The molecule has 6 nitrogen and oxygen atoms in total. The third-order valence-corrected chi connectivity index (χ3v) is 4.98. The monoisotopic (exact) mass is 313 g/mol. The fourth-order valence-corrected chi connectivity index (χ4v) is 3.65. The van der Waals surface area contributed by atoms with Crippen LogP contribution in [0, 0.1) is 0 Å². The molecule has 1 unspecified atom stereocenters. The molecule has 1 atom stereocenters. The second-order valence-corrected chi connectivity index (χ2v) is 7.06. The van der Waals surface area contributed by atoms with Crippen molar-refractivity contribution in [1.82, 2.24) is 13.9 Å². The molecule has 1 aromatic rings. The molecule has 0 aliphatic carbocycles. The third kappa shape index (κ3) is 4.76. The highest BCUT2D eigenvalue weighted by Gasteiger charge is 2.27. The molecule has 0 saturated carbocycles. The number of hydrogen-bond acceptors (Lipinski definition) is 4. The first-order valence-corrected chi connectivity index (χ1v) is 8.48. The third-order valence-electron chi connectivity index (χ3n) is 3.35. The Hall–Kier alpha value is -0.990. The van der Waals surface area contributed by atoms with Gasteiger partial charge >= 0.3 is 0 Å². The smallest absolute Gasteiger partial charge is 0.280 e. The van der Waals surface area contributed by atoms with Crippen molar-refractivity contribution >= 4 is 10.2 Å². The van der Waals surface area contributed by atoms with E-state index in [1.165, 1.54) is 4.31 Å². The number of benzene rings is 1. The van der Waals surface area contributed by atoms with Crippen LogP contribution in [0.15, 0.2) is 30.3 Å². The predicted octanol–water partition coefficient (Wildman–Crippen LogP) is 0.456. The first-order chi connectivity index (χ1) is 9.99. The molecule has 0 radical (unpaired) electrons. The zero-order valence-corrected chi connectivity index (χ0v) is 13.3. The zero-order valence-electron chi connectivity index (χ0n) is 12.5. The molecule has 1 N–H and O–H groups in total. The highest BCUT2D eigenvalue weighted by molar-refractivity contribution is 7.87. The largest absolute Gasteiger partial charge is 0.379 e. The van der Waals surface area contributed by atoms with Crippen molar-refractivity contribution in [3.8, 4) is 0 Å². The highest BCUT2D eigenvalue weighted by Crippen LogP contribution is 2.16. The number of likely N-dealkylation sites (N-methyl/N-ethyl adjacent to an activating group) is 1. The Bertz CT molecular complexity index is 528. The molecule has 1 saturated heterocycles. The van der Waals surface area contributed by atoms with Crippen LogP contribution in [0.1, 0.15) is 11.6 Å². The Kier molecular flexibility index (Phi) is 5.72. The van der Waals surface area contributed by atoms with E-state index < -0.39 is 10.2 Å². The lowest BCUT2D eigenvalue weighted by molar-refractivity contribution is 0.0722. The Morgan fingerprint density at radius 3 is 2.43 bits per heavy atom. The maximum absolute atomic E-state index is 12.5. The van der Waals surface area contributed by atoms with Gasteiger partial charge in [0.25, 0.3) is 10.2 Å². The van der Waals surface area contributed by atoms with Crippen LogP contribution in [0.5, 0.6) is 0 Å². The van der Waals surface area contributed by atoms with Crippen LogP contribution in [-0.4, -0.2) is 64.6 Å². The summed E-state index contributed by atoms with van der Waals surface area (Å²) in [5.41, 5.74) is 0.961. The summed E-state index contributed by atoms with van der Waals surface area (Å²) in [6.45, 7) is 2.31. The van der Waals surface area contributed by atoms with E-state index in [9.17, 15) is 8.42 Å². The van der Waals surface area contributed by atoms with Crippen molar-refractivity contribution in [2.75, 3.05) is 46.9 Å². The molecule has 1 aliphatic rings. The Labute approximate surface area is 126 Å². The molecule has 2 rings (SSSR count). The summed E-state index contributed by atoms with van der Waals surface area (Å²) in [7, 11) is 0.359. The number of ether oxygens (including phenoxy) is 1. The number of rotatable bonds is 6. The van der Waals surface area contributed by atoms with E-state index in [2.05, 4.69) is 4.72 Å². The lowest BCUT2D eigenvalue weighted by Crippen LogP contribution is -2.48. The van der Waals surface area contributed by atoms with E-state index in [0.29, 0.717) is 32.8 Å². The molecule has 118 valence electrons. The molecule has 0 spiro atoms. The minimum absolute atomic E-state index is 0.269. The Morgan fingerprint density at radius 2 is 1.86 bits per heavy atom. The standard InChI is InChI=1S/C14H23N3O3S/c1-16(2)12-14(13-6-4-3-5-7-13)15-21(18,19)17-8-10-20-11-9-17/h3-7,14-15H,8-12H2,1-2H3.